The first kappa shape index (κ1) is 20.7. The first-order valence-electron chi connectivity index (χ1n) is 10.9. The summed E-state index contributed by atoms with van der Waals surface area (Å²) >= 11 is 1.33. The molecule has 0 radical (unpaired) electrons. The van der Waals surface area contributed by atoms with Crippen molar-refractivity contribution >= 4 is 22.9 Å². The van der Waals surface area contributed by atoms with Crippen molar-refractivity contribution in [1.29, 1.82) is 0 Å². The SMILES string of the molecule is NC(=O)c1sccc1-c1cnn2cc(-c3ccc(OCCN4CCCCC4)cc3)cnc12. The summed E-state index contributed by atoms with van der Waals surface area (Å²) in [6.07, 6.45) is 9.42. The van der Waals surface area contributed by atoms with Crippen LogP contribution in [0, 0.1) is 0 Å². The van der Waals surface area contributed by atoms with Crippen molar-refractivity contribution < 1.29 is 9.53 Å². The molecule has 32 heavy (non-hydrogen) atoms. The molecule has 4 aromatic rings. The molecule has 1 aliphatic heterocycles. The summed E-state index contributed by atoms with van der Waals surface area (Å²) < 4.78 is 7.67. The van der Waals surface area contributed by atoms with Crippen LogP contribution in [0.15, 0.2) is 54.3 Å². The first-order chi connectivity index (χ1) is 15.7. The summed E-state index contributed by atoms with van der Waals surface area (Å²) in [5, 5.41) is 6.29. The Morgan fingerprint density at radius 2 is 1.84 bits per heavy atom. The molecule has 0 atom stereocenters. The van der Waals surface area contributed by atoms with Gasteiger partial charge < -0.3 is 10.5 Å². The van der Waals surface area contributed by atoms with Gasteiger partial charge in [-0.2, -0.15) is 5.10 Å². The van der Waals surface area contributed by atoms with E-state index in [9.17, 15) is 4.79 Å². The monoisotopic (exact) mass is 447 g/mol. The predicted octanol–water partition coefficient (Wildman–Crippen LogP) is 4.09. The third-order valence-corrected chi connectivity index (χ3v) is 6.78. The van der Waals surface area contributed by atoms with Crippen molar-refractivity contribution in [2.24, 2.45) is 5.73 Å². The van der Waals surface area contributed by atoms with Crippen LogP contribution >= 0.6 is 11.3 Å². The smallest absolute Gasteiger partial charge is 0.259 e. The molecule has 0 saturated carbocycles. The van der Waals surface area contributed by atoms with E-state index >= 15 is 0 Å². The van der Waals surface area contributed by atoms with E-state index in [4.69, 9.17) is 10.5 Å². The average Bonchev–Trinajstić information content (AvgIpc) is 3.47. The Labute approximate surface area is 190 Å². The maximum Gasteiger partial charge on any atom is 0.259 e. The molecule has 1 amide bonds. The minimum atomic E-state index is -0.441. The average molecular weight is 448 g/mol. The number of ether oxygens (including phenoxy) is 1. The topological polar surface area (TPSA) is 85.8 Å². The fraction of sp³-hybridized carbons (Fsp3) is 0.292. The highest BCUT2D eigenvalue weighted by Crippen LogP contribution is 2.31. The number of primary amides is 1. The van der Waals surface area contributed by atoms with Crippen LogP contribution in [0.5, 0.6) is 5.75 Å². The highest BCUT2D eigenvalue weighted by molar-refractivity contribution is 7.12. The summed E-state index contributed by atoms with van der Waals surface area (Å²) in [7, 11) is 0. The first-order valence-corrected chi connectivity index (χ1v) is 11.7. The van der Waals surface area contributed by atoms with Gasteiger partial charge in [-0.05, 0) is 55.1 Å². The molecule has 0 unspecified atom stereocenters. The molecule has 1 aliphatic rings. The quantitative estimate of drug-likeness (QED) is 0.461. The van der Waals surface area contributed by atoms with E-state index in [0.717, 1.165) is 34.5 Å². The van der Waals surface area contributed by atoms with Crippen molar-refractivity contribution in [3.05, 3.63) is 59.2 Å². The molecule has 4 heterocycles. The molecule has 3 aromatic heterocycles. The van der Waals surface area contributed by atoms with Crippen LogP contribution in [0.2, 0.25) is 0 Å². The van der Waals surface area contributed by atoms with Crippen molar-refractivity contribution in [1.82, 2.24) is 19.5 Å². The van der Waals surface area contributed by atoms with Crippen LogP contribution in [0.4, 0.5) is 0 Å². The lowest BCUT2D eigenvalue weighted by Crippen LogP contribution is -2.33. The maximum absolute atomic E-state index is 11.7. The third-order valence-electron chi connectivity index (χ3n) is 5.85. The minimum absolute atomic E-state index is 0.441. The lowest BCUT2D eigenvalue weighted by atomic mass is 10.1. The summed E-state index contributed by atoms with van der Waals surface area (Å²) in [4.78, 5) is 19.3. The number of rotatable bonds is 7. The molecule has 0 spiro atoms. The van der Waals surface area contributed by atoms with Gasteiger partial charge in [0.25, 0.3) is 5.91 Å². The van der Waals surface area contributed by atoms with Gasteiger partial charge in [-0.15, -0.1) is 11.3 Å². The van der Waals surface area contributed by atoms with Crippen LogP contribution in [0.3, 0.4) is 0 Å². The van der Waals surface area contributed by atoms with Gasteiger partial charge in [-0.3, -0.25) is 9.69 Å². The highest BCUT2D eigenvalue weighted by atomic mass is 32.1. The lowest BCUT2D eigenvalue weighted by Gasteiger charge is -2.26. The number of piperidine rings is 1. The van der Waals surface area contributed by atoms with Gasteiger partial charge in [0.15, 0.2) is 5.65 Å². The Morgan fingerprint density at radius 1 is 1.03 bits per heavy atom. The molecule has 1 fully saturated rings. The van der Waals surface area contributed by atoms with Gasteiger partial charge in [-0.25, -0.2) is 9.50 Å². The van der Waals surface area contributed by atoms with Crippen molar-refractivity contribution in [3.63, 3.8) is 0 Å². The summed E-state index contributed by atoms with van der Waals surface area (Å²) in [5.41, 5.74) is 9.74. The molecule has 5 rings (SSSR count). The molecule has 1 aromatic carbocycles. The maximum atomic E-state index is 11.7. The molecule has 0 bridgehead atoms. The van der Waals surface area contributed by atoms with Crippen molar-refractivity contribution in [3.8, 4) is 28.0 Å². The third kappa shape index (κ3) is 4.24. The molecule has 164 valence electrons. The zero-order valence-corrected chi connectivity index (χ0v) is 18.6. The van der Waals surface area contributed by atoms with E-state index in [0.29, 0.717) is 17.1 Å². The van der Waals surface area contributed by atoms with E-state index < -0.39 is 5.91 Å². The molecule has 1 saturated heterocycles. The number of carbonyl (C=O) groups excluding carboxylic acids is 1. The summed E-state index contributed by atoms with van der Waals surface area (Å²) in [5.74, 6) is 0.432. The zero-order valence-electron chi connectivity index (χ0n) is 17.7. The fourth-order valence-corrected chi connectivity index (χ4v) is 4.91. The van der Waals surface area contributed by atoms with Crippen LogP contribution < -0.4 is 10.5 Å². The van der Waals surface area contributed by atoms with Gasteiger partial charge >= 0.3 is 0 Å². The van der Waals surface area contributed by atoms with E-state index in [1.165, 1.54) is 43.7 Å². The van der Waals surface area contributed by atoms with Gasteiger partial charge in [0.1, 0.15) is 12.4 Å². The number of aromatic nitrogens is 3. The van der Waals surface area contributed by atoms with Crippen LogP contribution in [-0.2, 0) is 0 Å². The number of thiophene rings is 1. The Kier molecular flexibility index (Phi) is 5.87. The number of likely N-dealkylation sites (tertiary alicyclic amines) is 1. The number of fused-ring (bicyclic) bond motifs is 1. The zero-order chi connectivity index (χ0) is 21.9. The van der Waals surface area contributed by atoms with E-state index in [-0.39, 0.29) is 0 Å². The molecular formula is C24H25N5O2S. The van der Waals surface area contributed by atoms with Crippen molar-refractivity contribution in [2.75, 3.05) is 26.2 Å². The number of nitrogens with two attached hydrogens (primary N) is 1. The standard InChI is InChI=1S/C24H25N5O2S/c25-23(30)22-20(8-13-32-22)21-15-27-29-16-18(14-26-24(21)29)17-4-6-19(7-5-17)31-12-11-28-9-2-1-3-10-28/h4-8,13-16H,1-3,9-12H2,(H2,25,30). The summed E-state index contributed by atoms with van der Waals surface area (Å²) in [6.45, 7) is 4.05. The van der Waals surface area contributed by atoms with E-state index in [1.54, 1.807) is 10.7 Å². The van der Waals surface area contributed by atoms with Crippen molar-refractivity contribution in [2.45, 2.75) is 19.3 Å². The number of benzene rings is 1. The number of carbonyl (C=O) groups is 1. The van der Waals surface area contributed by atoms with Gasteiger partial charge in [0.2, 0.25) is 0 Å². The molecule has 2 N–H and O–H groups in total. The Morgan fingerprint density at radius 3 is 2.62 bits per heavy atom. The number of hydrogen-bond acceptors (Lipinski definition) is 6. The Balaban J connectivity index is 1.29. The number of hydrogen-bond donors (Lipinski definition) is 1. The minimum Gasteiger partial charge on any atom is -0.492 e. The Bertz CT molecular complexity index is 1220. The highest BCUT2D eigenvalue weighted by Gasteiger charge is 2.17. The second-order valence-electron chi connectivity index (χ2n) is 7.97. The Hall–Kier alpha value is -3.23. The number of nitrogens with zero attached hydrogens (tertiary/aromatic N) is 4. The second kappa shape index (κ2) is 9.10. The predicted molar refractivity (Wildman–Crippen MR) is 126 cm³/mol. The molecule has 7 nitrogen and oxygen atoms in total. The van der Waals surface area contributed by atoms with Gasteiger partial charge in [0, 0.05) is 35.6 Å². The second-order valence-corrected chi connectivity index (χ2v) is 8.89. The fourth-order valence-electron chi connectivity index (χ4n) is 4.15. The largest absolute Gasteiger partial charge is 0.492 e. The lowest BCUT2D eigenvalue weighted by molar-refractivity contribution is 0.100. The molecular weight excluding hydrogens is 422 g/mol. The van der Waals surface area contributed by atoms with Crippen LogP contribution in [0.1, 0.15) is 28.9 Å². The van der Waals surface area contributed by atoms with Gasteiger partial charge in [0.05, 0.1) is 11.1 Å². The normalized spacial score (nSPS) is 14.6. The van der Waals surface area contributed by atoms with E-state index in [2.05, 4.69) is 15.0 Å². The van der Waals surface area contributed by atoms with Gasteiger partial charge in [-0.1, -0.05) is 18.6 Å². The number of amides is 1. The van der Waals surface area contributed by atoms with Crippen LogP contribution in [0.25, 0.3) is 27.9 Å². The molecule has 0 aliphatic carbocycles. The van der Waals surface area contributed by atoms with E-state index in [1.807, 2.05) is 48.1 Å². The van der Waals surface area contributed by atoms with Crippen LogP contribution in [-0.4, -0.2) is 51.6 Å². The summed E-state index contributed by atoms with van der Waals surface area (Å²) in [6, 6.07) is 9.94. The molecule has 8 heteroatoms.